The van der Waals surface area contributed by atoms with Crippen LogP contribution in [0, 0.1) is 5.82 Å². The van der Waals surface area contributed by atoms with Crippen molar-refractivity contribution < 1.29 is 18.7 Å². The molecule has 1 N–H and O–H groups in total. The van der Waals surface area contributed by atoms with Gasteiger partial charge in [0.25, 0.3) is 0 Å². The van der Waals surface area contributed by atoms with Crippen molar-refractivity contribution >= 4 is 12.0 Å². The van der Waals surface area contributed by atoms with Crippen LogP contribution in [-0.2, 0) is 16.0 Å². The lowest BCUT2D eigenvalue weighted by atomic mass is 10.1. The van der Waals surface area contributed by atoms with Crippen LogP contribution in [0.4, 0.5) is 9.18 Å². The molecule has 1 aliphatic carbocycles. The van der Waals surface area contributed by atoms with Gasteiger partial charge in [0.2, 0.25) is 5.91 Å². The summed E-state index contributed by atoms with van der Waals surface area (Å²) in [4.78, 5) is 25.2. The van der Waals surface area contributed by atoms with Crippen LogP contribution in [-0.4, -0.2) is 42.1 Å². The molecule has 22 heavy (non-hydrogen) atoms. The Labute approximate surface area is 128 Å². The maximum absolute atomic E-state index is 13.0. The van der Waals surface area contributed by atoms with Crippen molar-refractivity contribution in [3.05, 3.63) is 35.6 Å². The summed E-state index contributed by atoms with van der Waals surface area (Å²) in [6.07, 6.45) is 2.32. The number of aryl methyl sites for hydroxylation is 1. The van der Waals surface area contributed by atoms with Crippen LogP contribution in [0.25, 0.3) is 0 Å². The van der Waals surface area contributed by atoms with Crippen LogP contribution in [0.3, 0.4) is 0 Å². The van der Waals surface area contributed by atoms with Gasteiger partial charge in [0.15, 0.2) is 0 Å². The molecule has 3 rings (SSSR count). The number of nitrogens with one attached hydrogen (secondary N) is 1. The molecule has 1 aliphatic heterocycles. The Morgan fingerprint density at radius 2 is 2.23 bits per heavy atom. The van der Waals surface area contributed by atoms with Crippen LogP contribution in [0.2, 0.25) is 0 Å². The van der Waals surface area contributed by atoms with Gasteiger partial charge in [-0.05, 0) is 37.0 Å². The third-order valence-corrected chi connectivity index (χ3v) is 3.95. The Bertz CT molecular complexity index is 574. The molecule has 2 fully saturated rings. The monoisotopic (exact) mass is 306 g/mol. The maximum Gasteiger partial charge on any atom is 0.410 e. The smallest absolute Gasteiger partial charge is 0.410 e. The minimum atomic E-state index is -0.295. The summed E-state index contributed by atoms with van der Waals surface area (Å²) in [5.74, 6) is -0.416. The molecule has 1 saturated carbocycles. The molecule has 2 amide bonds. The van der Waals surface area contributed by atoms with Crippen LogP contribution < -0.4 is 5.32 Å². The van der Waals surface area contributed by atoms with Crippen molar-refractivity contribution in [2.24, 2.45) is 0 Å². The lowest BCUT2D eigenvalue weighted by Gasteiger charge is -2.11. The zero-order valence-electron chi connectivity index (χ0n) is 12.3. The van der Waals surface area contributed by atoms with Crippen molar-refractivity contribution in [2.45, 2.75) is 37.8 Å². The SMILES string of the molecule is O=C(CCc1cccc(F)c1)NCC1CN(C2CC2)C(=O)O1. The van der Waals surface area contributed by atoms with E-state index >= 15 is 0 Å². The molecule has 118 valence electrons. The van der Waals surface area contributed by atoms with Crippen LogP contribution in [0.15, 0.2) is 24.3 Å². The first-order valence-electron chi connectivity index (χ1n) is 7.60. The second-order valence-electron chi connectivity index (χ2n) is 5.82. The molecule has 1 unspecified atom stereocenters. The molecule has 0 spiro atoms. The van der Waals surface area contributed by atoms with Gasteiger partial charge in [0.05, 0.1) is 13.1 Å². The Kier molecular flexibility index (Phi) is 4.27. The third kappa shape index (κ3) is 3.75. The Hall–Kier alpha value is -2.11. The first kappa shape index (κ1) is 14.8. The minimum Gasteiger partial charge on any atom is -0.442 e. The molecule has 6 heteroatoms. The Morgan fingerprint density at radius 3 is 2.95 bits per heavy atom. The highest BCUT2D eigenvalue weighted by molar-refractivity contribution is 5.76. The van der Waals surface area contributed by atoms with E-state index in [1.54, 1.807) is 17.0 Å². The predicted octanol–water partition coefficient (Wildman–Crippen LogP) is 1.86. The number of cyclic esters (lactones) is 1. The summed E-state index contributed by atoms with van der Waals surface area (Å²) in [5.41, 5.74) is 0.794. The number of ether oxygens (including phenoxy) is 1. The van der Waals surface area contributed by atoms with E-state index in [2.05, 4.69) is 5.32 Å². The molecular weight excluding hydrogens is 287 g/mol. The summed E-state index contributed by atoms with van der Waals surface area (Å²) in [6.45, 7) is 0.880. The Morgan fingerprint density at radius 1 is 1.41 bits per heavy atom. The van der Waals surface area contributed by atoms with Gasteiger partial charge in [-0.25, -0.2) is 9.18 Å². The van der Waals surface area contributed by atoms with E-state index in [0.29, 0.717) is 25.6 Å². The summed E-state index contributed by atoms with van der Waals surface area (Å²) >= 11 is 0. The maximum atomic E-state index is 13.0. The number of hydrogen-bond acceptors (Lipinski definition) is 3. The van der Waals surface area contributed by atoms with Gasteiger partial charge in [-0.3, -0.25) is 4.79 Å². The van der Waals surface area contributed by atoms with Gasteiger partial charge in [0, 0.05) is 12.5 Å². The molecule has 0 radical (unpaired) electrons. The highest BCUT2D eigenvalue weighted by Crippen LogP contribution is 2.30. The second-order valence-corrected chi connectivity index (χ2v) is 5.82. The molecule has 0 bridgehead atoms. The molecule has 2 aliphatic rings. The molecule has 1 aromatic carbocycles. The molecule has 0 aromatic heterocycles. The summed E-state index contributed by atoms with van der Waals surface area (Å²) in [5, 5.41) is 2.77. The standard InChI is InChI=1S/C16H19FN2O3/c17-12-3-1-2-11(8-12)4-7-15(20)18-9-14-10-19(13-5-6-13)16(21)22-14/h1-3,8,13-14H,4-7,9-10H2,(H,18,20). The fourth-order valence-corrected chi connectivity index (χ4v) is 2.60. The van der Waals surface area contributed by atoms with E-state index in [1.165, 1.54) is 12.1 Å². The van der Waals surface area contributed by atoms with Crippen LogP contribution in [0.1, 0.15) is 24.8 Å². The zero-order chi connectivity index (χ0) is 15.5. The van der Waals surface area contributed by atoms with Gasteiger partial charge < -0.3 is 15.0 Å². The molecule has 5 nitrogen and oxygen atoms in total. The lowest BCUT2D eigenvalue weighted by molar-refractivity contribution is -0.121. The van der Waals surface area contributed by atoms with E-state index in [0.717, 1.165) is 18.4 Å². The van der Waals surface area contributed by atoms with E-state index in [9.17, 15) is 14.0 Å². The average Bonchev–Trinajstić information content (AvgIpc) is 3.26. The molecule has 1 atom stereocenters. The number of carbonyl (C=O) groups is 2. The normalized spacial score (nSPS) is 20.9. The van der Waals surface area contributed by atoms with E-state index in [-0.39, 0.29) is 30.3 Å². The fraction of sp³-hybridized carbons (Fsp3) is 0.500. The third-order valence-electron chi connectivity index (χ3n) is 3.95. The molecule has 1 heterocycles. The number of halogens is 1. The summed E-state index contributed by atoms with van der Waals surface area (Å²) < 4.78 is 18.3. The quantitative estimate of drug-likeness (QED) is 0.872. The van der Waals surface area contributed by atoms with Crippen LogP contribution in [0.5, 0.6) is 0 Å². The highest BCUT2D eigenvalue weighted by atomic mass is 19.1. The summed E-state index contributed by atoms with van der Waals surface area (Å²) in [7, 11) is 0. The first-order chi connectivity index (χ1) is 10.6. The number of hydrogen-bond donors (Lipinski definition) is 1. The highest BCUT2D eigenvalue weighted by Gasteiger charge is 2.40. The molecular formula is C16H19FN2O3. The van der Waals surface area contributed by atoms with Gasteiger partial charge in [-0.15, -0.1) is 0 Å². The Balaban J connectivity index is 1.38. The molecule has 1 saturated heterocycles. The number of amides is 2. The minimum absolute atomic E-state index is 0.120. The second kappa shape index (κ2) is 6.34. The van der Waals surface area contributed by atoms with Crippen molar-refractivity contribution in [3.63, 3.8) is 0 Å². The topological polar surface area (TPSA) is 58.6 Å². The van der Waals surface area contributed by atoms with E-state index in [1.807, 2.05) is 0 Å². The first-order valence-corrected chi connectivity index (χ1v) is 7.60. The summed E-state index contributed by atoms with van der Waals surface area (Å²) in [6, 6.07) is 6.57. The van der Waals surface area contributed by atoms with E-state index in [4.69, 9.17) is 4.74 Å². The predicted molar refractivity (Wildman–Crippen MR) is 77.7 cm³/mol. The number of rotatable bonds is 6. The van der Waals surface area contributed by atoms with Crippen LogP contribution >= 0.6 is 0 Å². The lowest BCUT2D eigenvalue weighted by Crippen LogP contribution is -2.35. The van der Waals surface area contributed by atoms with Crippen molar-refractivity contribution in [1.82, 2.24) is 10.2 Å². The number of carbonyl (C=O) groups excluding carboxylic acids is 2. The van der Waals surface area contributed by atoms with Gasteiger partial charge in [-0.1, -0.05) is 12.1 Å². The molecule has 1 aromatic rings. The number of nitrogens with zero attached hydrogens (tertiary/aromatic N) is 1. The van der Waals surface area contributed by atoms with Gasteiger partial charge >= 0.3 is 6.09 Å². The zero-order valence-corrected chi connectivity index (χ0v) is 12.3. The van der Waals surface area contributed by atoms with E-state index < -0.39 is 0 Å². The average molecular weight is 306 g/mol. The number of benzene rings is 1. The largest absolute Gasteiger partial charge is 0.442 e. The van der Waals surface area contributed by atoms with Crippen molar-refractivity contribution in [1.29, 1.82) is 0 Å². The van der Waals surface area contributed by atoms with Crippen molar-refractivity contribution in [2.75, 3.05) is 13.1 Å². The fourth-order valence-electron chi connectivity index (χ4n) is 2.60. The van der Waals surface area contributed by atoms with Gasteiger partial charge in [-0.2, -0.15) is 0 Å². The van der Waals surface area contributed by atoms with Crippen molar-refractivity contribution in [3.8, 4) is 0 Å². The van der Waals surface area contributed by atoms with Gasteiger partial charge in [0.1, 0.15) is 11.9 Å².